The van der Waals surface area contributed by atoms with E-state index < -0.39 is 27.3 Å². The van der Waals surface area contributed by atoms with E-state index in [-0.39, 0.29) is 10.5 Å². The molecule has 0 unspecified atom stereocenters. The first-order chi connectivity index (χ1) is 7.23. The minimum absolute atomic E-state index is 0.280. The molecular formula is C9H8O6S. The zero-order chi connectivity index (χ0) is 12.5. The van der Waals surface area contributed by atoms with Gasteiger partial charge in [0.2, 0.25) is 0 Å². The number of Topliss-reactive ketones (excluding diaryl/α,β-unsaturated/α-hetero) is 1. The van der Waals surface area contributed by atoms with Gasteiger partial charge in [-0.25, -0.2) is 13.2 Å². The predicted molar refractivity (Wildman–Crippen MR) is 53.2 cm³/mol. The molecule has 0 heterocycles. The molecule has 7 heteroatoms. The molecule has 0 aliphatic carbocycles. The molecule has 2 N–H and O–H groups in total. The van der Waals surface area contributed by atoms with E-state index in [0.717, 1.165) is 24.5 Å². The van der Waals surface area contributed by atoms with Gasteiger partial charge in [0.25, 0.3) is 5.78 Å². The van der Waals surface area contributed by atoms with Crippen molar-refractivity contribution in [1.29, 1.82) is 0 Å². The second-order valence-corrected chi connectivity index (χ2v) is 5.07. The molecule has 1 aromatic rings. The lowest BCUT2D eigenvalue weighted by Crippen LogP contribution is -2.12. The molecule has 0 bridgehead atoms. The largest absolute Gasteiger partial charge is 0.507 e. The third-order valence-corrected chi connectivity index (χ3v) is 2.96. The highest BCUT2D eigenvalue weighted by Gasteiger charge is 2.19. The van der Waals surface area contributed by atoms with Crippen molar-refractivity contribution in [3.05, 3.63) is 23.8 Å². The minimum Gasteiger partial charge on any atom is -0.507 e. The fourth-order valence-electron chi connectivity index (χ4n) is 1.10. The number of ketones is 1. The van der Waals surface area contributed by atoms with Crippen LogP contribution in [-0.2, 0) is 14.6 Å². The van der Waals surface area contributed by atoms with Crippen molar-refractivity contribution in [3.8, 4) is 5.75 Å². The molecule has 0 saturated carbocycles. The highest BCUT2D eigenvalue weighted by Crippen LogP contribution is 2.23. The van der Waals surface area contributed by atoms with Crippen LogP contribution in [0.1, 0.15) is 10.4 Å². The van der Waals surface area contributed by atoms with Crippen molar-refractivity contribution in [2.75, 3.05) is 6.26 Å². The average Bonchev–Trinajstić information content (AvgIpc) is 2.14. The Morgan fingerprint density at radius 3 is 2.19 bits per heavy atom. The molecular weight excluding hydrogens is 236 g/mol. The van der Waals surface area contributed by atoms with Gasteiger partial charge in [-0.15, -0.1) is 0 Å². The van der Waals surface area contributed by atoms with Gasteiger partial charge in [-0.1, -0.05) is 0 Å². The Labute approximate surface area is 91.1 Å². The van der Waals surface area contributed by atoms with Gasteiger partial charge in [0.15, 0.2) is 9.84 Å². The highest BCUT2D eigenvalue weighted by molar-refractivity contribution is 7.90. The van der Waals surface area contributed by atoms with Gasteiger partial charge in [0.1, 0.15) is 10.6 Å². The summed E-state index contributed by atoms with van der Waals surface area (Å²) >= 11 is 0. The summed E-state index contributed by atoms with van der Waals surface area (Å²) in [7, 11) is -3.60. The number of phenols is 1. The zero-order valence-electron chi connectivity index (χ0n) is 8.17. The van der Waals surface area contributed by atoms with Crippen molar-refractivity contribution in [2.24, 2.45) is 0 Å². The van der Waals surface area contributed by atoms with Crippen LogP contribution in [0, 0.1) is 0 Å². The number of aromatic hydroxyl groups is 1. The molecule has 0 amide bonds. The lowest BCUT2D eigenvalue weighted by Gasteiger charge is -2.03. The summed E-state index contributed by atoms with van der Waals surface area (Å²) in [5.74, 6) is -3.53. The van der Waals surface area contributed by atoms with Gasteiger partial charge in [-0.05, 0) is 18.2 Å². The van der Waals surface area contributed by atoms with Crippen LogP contribution in [0.25, 0.3) is 0 Å². The molecule has 6 nitrogen and oxygen atoms in total. The topological polar surface area (TPSA) is 109 Å². The second kappa shape index (κ2) is 3.93. The van der Waals surface area contributed by atoms with E-state index in [1.807, 2.05) is 0 Å². The van der Waals surface area contributed by atoms with Crippen molar-refractivity contribution in [2.45, 2.75) is 4.90 Å². The number of carboxylic acids is 1. The first-order valence-electron chi connectivity index (χ1n) is 4.04. The number of hydrogen-bond acceptors (Lipinski definition) is 5. The molecule has 0 fully saturated rings. The monoisotopic (exact) mass is 244 g/mol. The Kier molecular flexibility index (Phi) is 2.99. The number of benzene rings is 1. The number of rotatable bonds is 3. The number of sulfone groups is 1. The predicted octanol–water partition coefficient (Wildman–Crippen LogP) is 0.0630. The number of aliphatic carboxylic acids is 1. The highest BCUT2D eigenvalue weighted by atomic mass is 32.2. The Bertz CT molecular complexity index is 557. The van der Waals surface area contributed by atoms with Gasteiger partial charge >= 0.3 is 5.97 Å². The maximum absolute atomic E-state index is 11.1. The summed E-state index contributed by atoms with van der Waals surface area (Å²) < 4.78 is 22.2. The first-order valence-corrected chi connectivity index (χ1v) is 5.93. The average molecular weight is 244 g/mol. The van der Waals surface area contributed by atoms with Crippen molar-refractivity contribution < 1.29 is 28.2 Å². The van der Waals surface area contributed by atoms with Crippen molar-refractivity contribution in [3.63, 3.8) is 0 Å². The minimum atomic E-state index is -3.60. The molecule has 0 aliphatic heterocycles. The van der Waals surface area contributed by atoms with Crippen LogP contribution in [0.5, 0.6) is 5.75 Å². The molecule has 1 rings (SSSR count). The van der Waals surface area contributed by atoms with E-state index in [0.29, 0.717) is 0 Å². The van der Waals surface area contributed by atoms with E-state index in [1.54, 1.807) is 0 Å². The maximum Gasteiger partial charge on any atom is 0.377 e. The maximum atomic E-state index is 11.1. The standard InChI is InChI=1S/C9H8O6S/c1-16(14,15)7-3-2-5(4-6(7)10)8(11)9(12)13/h2-4,10H,1H3,(H,12,13). The SMILES string of the molecule is CS(=O)(=O)c1ccc(C(=O)C(=O)O)cc1O. The molecule has 86 valence electrons. The van der Waals surface area contributed by atoms with Crippen LogP contribution < -0.4 is 0 Å². The lowest BCUT2D eigenvalue weighted by atomic mass is 10.1. The van der Waals surface area contributed by atoms with E-state index in [4.69, 9.17) is 5.11 Å². The summed E-state index contributed by atoms with van der Waals surface area (Å²) in [5.41, 5.74) is -0.280. The van der Waals surface area contributed by atoms with E-state index in [2.05, 4.69) is 0 Å². The summed E-state index contributed by atoms with van der Waals surface area (Å²) in [6.45, 7) is 0. The lowest BCUT2D eigenvalue weighted by molar-refractivity contribution is -0.131. The van der Waals surface area contributed by atoms with Crippen molar-refractivity contribution in [1.82, 2.24) is 0 Å². The molecule has 1 aromatic carbocycles. The van der Waals surface area contributed by atoms with Crippen molar-refractivity contribution >= 4 is 21.6 Å². The molecule has 16 heavy (non-hydrogen) atoms. The zero-order valence-corrected chi connectivity index (χ0v) is 8.98. The smallest absolute Gasteiger partial charge is 0.377 e. The Morgan fingerprint density at radius 1 is 1.25 bits per heavy atom. The van der Waals surface area contributed by atoms with E-state index in [1.165, 1.54) is 0 Å². The van der Waals surface area contributed by atoms with Crippen LogP contribution in [0.3, 0.4) is 0 Å². The van der Waals surface area contributed by atoms with Crippen LogP contribution in [-0.4, -0.2) is 36.6 Å². The molecule has 0 spiro atoms. The Morgan fingerprint density at radius 2 is 1.81 bits per heavy atom. The summed E-state index contributed by atoms with van der Waals surface area (Å²) in [4.78, 5) is 21.0. The third-order valence-electron chi connectivity index (χ3n) is 1.81. The number of carbonyl (C=O) groups excluding carboxylic acids is 1. The third kappa shape index (κ3) is 2.37. The normalized spacial score (nSPS) is 11.1. The van der Waals surface area contributed by atoms with Gasteiger partial charge in [-0.2, -0.15) is 0 Å². The van der Waals surface area contributed by atoms with Gasteiger partial charge in [0.05, 0.1) is 0 Å². The molecule has 0 saturated heterocycles. The Balaban J connectivity index is 3.30. The number of carboxylic acid groups (broad SMARTS) is 1. The number of phenolic OH excluding ortho intramolecular Hbond substituents is 1. The van der Waals surface area contributed by atoms with Gasteiger partial charge in [-0.3, -0.25) is 4.79 Å². The van der Waals surface area contributed by atoms with Gasteiger partial charge in [0, 0.05) is 11.8 Å². The number of carbonyl (C=O) groups is 2. The van der Waals surface area contributed by atoms with Crippen LogP contribution in [0.2, 0.25) is 0 Å². The fraction of sp³-hybridized carbons (Fsp3) is 0.111. The summed E-state index contributed by atoms with van der Waals surface area (Å²) in [6.07, 6.45) is 0.890. The summed E-state index contributed by atoms with van der Waals surface area (Å²) in [5, 5.41) is 17.7. The van der Waals surface area contributed by atoms with Gasteiger partial charge < -0.3 is 10.2 Å². The quantitative estimate of drug-likeness (QED) is 0.575. The first kappa shape index (κ1) is 12.2. The molecule has 0 atom stereocenters. The molecule has 0 aromatic heterocycles. The molecule has 0 radical (unpaired) electrons. The Hall–Kier alpha value is -1.89. The molecule has 0 aliphatic rings. The van der Waals surface area contributed by atoms with Crippen LogP contribution >= 0.6 is 0 Å². The van der Waals surface area contributed by atoms with Crippen LogP contribution in [0.4, 0.5) is 0 Å². The second-order valence-electron chi connectivity index (χ2n) is 3.09. The van der Waals surface area contributed by atoms with E-state index in [9.17, 15) is 23.1 Å². The summed E-state index contributed by atoms with van der Waals surface area (Å²) in [6, 6.07) is 2.83. The van der Waals surface area contributed by atoms with Crippen LogP contribution in [0.15, 0.2) is 23.1 Å². The number of hydrogen-bond donors (Lipinski definition) is 2. The van der Waals surface area contributed by atoms with E-state index >= 15 is 0 Å². The fourth-order valence-corrected chi connectivity index (χ4v) is 1.85.